The average Bonchev–Trinajstić information content (AvgIpc) is 3.22. The monoisotopic (exact) mass is 415 g/mol. The first kappa shape index (κ1) is 19.6. The molecular formula is C23H25N7O. The van der Waals surface area contributed by atoms with Crippen LogP contribution < -0.4 is 5.73 Å². The number of nitrogen functional groups attached to an aromatic ring is 1. The Kier molecular flexibility index (Phi) is 5.56. The van der Waals surface area contributed by atoms with Gasteiger partial charge in [-0.15, -0.1) is 10.2 Å². The molecule has 0 radical (unpaired) electrons. The average molecular weight is 416 g/mol. The van der Waals surface area contributed by atoms with Crippen molar-refractivity contribution in [3.05, 3.63) is 77.8 Å². The van der Waals surface area contributed by atoms with Crippen LogP contribution in [-0.4, -0.2) is 56.1 Å². The normalized spacial score (nSPS) is 15.5. The number of para-hydroxylation sites is 1. The Morgan fingerprint density at radius 2 is 1.45 bits per heavy atom. The van der Waals surface area contributed by atoms with Gasteiger partial charge in [-0.2, -0.15) is 0 Å². The predicted molar refractivity (Wildman–Crippen MR) is 118 cm³/mol. The molecule has 0 atom stereocenters. The number of nitrogens with two attached hydrogens (primary N) is 1. The van der Waals surface area contributed by atoms with Gasteiger partial charge in [0.1, 0.15) is 11.6 Å². The molecule has 1 aliphatic rings. The zero-order chi connectivity index (χ0) is 21.0. The summed E-state index contributed by atoms with van der Waals surface area (Å²) in [5.41, 5.74) is 8.18. The second-order valence-electron chi connectivity index (χ2n) is 7.85. The van der Waals surface area contributed by atoms with E-state index >= 15 is 0 Å². The van der Waals surface area contributed by atoms with E-state index in [-0.39, 0.29) is 0 Å². The van der Waals surface area contributed by atoms with Crippen LogP contribution >= 0.6 is 0 Å². The summed E-state index contributed by atoms with van der Waals surface area (Å²) in [5.74, 6) is 2.64. The lowest BCUT2D eigenvalue weighted by molar-refractivity contribution is 0.112. The van der Waals surface area contributed by atoms with Crippen LogP contribution in [0.1, 0.15) is 23.2 Å². The summed E-state index contributed by atoms with van der Waals surface area (Å²) in [7, 11) is 0. The molecule has 4 aromatic rings. The molecule has 0 saturated carbocycles. The highest BCUT2D eigenvalue weighted by molar-refractivity contribution is 5.87. The number of aromatic nitrogens is 4. The molecule has 2 aromatic heterocycles. The Labute approximate surface area is 180 Å². The maximum absolute atomic E-state index is 6.12. The summed E-state index contributed by atoms with van der Waals surface area (Å²) in [5, 5.41) is 9.33. The predicted octanol–water partition coefficient (Wildman–Crippen LogP) is 2.50. The standard InChI is InChI=1S/C23H25N7O/c24-23-18-8-4-5-9-19(18)25-20(26-23)15-29-10-12-30(13-11-29)16-22-28-27-21(31-22)14-17-6-2-1-3-7-17/h1-9H,10-16H2,(H2,24,25,26). The Balaban J connectivity index is 1.14. The van der Waals surface area contributed by atoms with E-state index in [1.54, 1.807) is 0 Å². The quantitative estimate of drug-likeness (QED) is 0.513. The maximum Gasteiger partial charge on any atom is 0.230 e. The topological polar surface area (TPSA) is 97.2 Å². The minimum Gasteiger partial charge on any atom is -0.424 e. The van der Waals surface area contributed by atoms with E-state index in [4.69, 9.17) is 10.2 Å². The van der Waals surface area contributed by atoms with Gasteiger partial charge in [0.15, 0.2) is 0 Å². The summed E-state index contributed by atoms with van der Waals surface area (Å²) in [6.45, 7) is 5.10. The molecule has 0 spiro atoms. The van der Waals surface area contributed by atoms with E-state index in [1.807, 2.05) is 42.5 Å². The Morgan fingerprint density at radius 3 is 2.26 bits per heavy atom. The van der Waals surface area contributed by atoms with Crippen molar-refractivity contribution in [1.82, 2.24) is 30.0 Å². The Morgan fingerprint density at radius 1 is 0.774 bits per heavy atom. The SMILES string of the molecule is Nc1nc(CN2CCN(Cc3nnc(Cc4ccccc4)o3)CC2)nc2ccccc12. The molecule has 158 valence electrons. The molecule has 31 heavy (non-hydrogen) atoms. The fourth-order valence-electron chi connectivity index (χ4n) is 3.91. The number of anilines is 1. The lowest BCUT2D eigenvalue weighted by atomic mass is 10.2. The Hall–Kier alpha value is -3.36. The van der Waals surface area contributed by atoms with Gasteiger partial charge in [-0.1, -0.05) is 42.5 Å². The van der Waals surface area contributed by atoms with Crippen molar-refractivity contribution in [2.45, 2.75) is 19.5 Å². The van der Waals surface area contributed by atoms with Crippen molar-refractivity contribution in [2.75, 3.05) is 31.9 Å². The van der Waals surface area contributed by atoms with Gasteiger partial charge >= 0.3 is 0 Å². The molecule has 3 heterocycles. The van der Waals surface area contributed by atoms with Gasteiger partial charge in [0.2, 0.25) is 11.8 Å². The molecule has 8 heteroatoms. The summed E-state index contributed by atoms with van der Waals surface area (Å²) in [6, 6.07) is 18.0. The minimum atomic E-state index is 0.543. The molecular weight excluding hydrogens is 390 g/mol. The summed E-state index contributed by atoms with van der Waals surface area (Å²) in [6.07, 6.45) is 0.663. The first-order valence-corrected chi connectivity index (χ1v) is 10.5. The minimum absolute atomic E-state index is 0.543. The number of hydrogen-bond acceptors (Lipinski definition) is 8. The van der Waals surface area contributed by atoms with Crippen LogP contribution in [0.25, 0.3) is 10.9 Å². The fraction of sp³-hybridized carbons (Fsp3) is 0.304. The molecule has 0 bridgehead atoms. The molecule has 5 rings (SSSR count). The largest absolute Gasteiger partial charge is 0.424 e. The molecule has 8 nitrogen and oxygen atoms in total. The van der Waals surface area contributed by atoms with Crippen LogP contribution in [0, 0.1) is 0 Å². The van der Waals surface area contributed by atoms with Crippen molar-refractivity contribution >= 4 is 16.7 Å². The molecule has 1 fully saturated rings. The zero-order valence-corrected chi connectivity index (χ0v) is 17.3. The number of fused-ring (bicyclic) bond motifs is 1. The van der Waals surface area contributed by atoms with Crippen molar-refractivity contribution in [3.8, 4) is 0 Å². The van der Waals surface area contributed by atoms with Gasteiger partial charge in [0, 0.05) is 31.6 Å². The number of nitrogens with zero attached hydrogens (tertiary/aromatic N) is 6. The number of rotatable bonds is 6. The zero-order valence-electron chi connectivity index (χ0n) is 17.3. The number of benzene rings is 2. The smallest absolute Gasteiger partial charge is 0.230 e. The molecule has 2 aromatic carbocycles. The molecule has 0 unspecified atom stereocenters. The Bertz CT molecular complexity index is 1150. The highest BCUT2D eigenvalue weighted by Crippen LogP contribution is 2.18. The first-order chi connectivity index (χ1) is 15.2. The number of hydrogen-bond donors (Lipinski definition) is 1. The van der Waals surface area contributed by atoms with Crippen molar-refractivity contribution < 1.29 is 4.42 Å². The van der Waals surface area contributed by atoms with E-state index in [0.29, 0.717) is 37.1 Å². The summed E-state index contributed by atoms with van der Waals surface area (Å²) >= 11 is 0. The number of piperazine rings is 1. The second-order valence-corrected chi connectivity index (χ2v) is 7.85. The van der Waals surface area contributed by atoms with Gasteiger partial charge in [0.25, 0.3) is 0 Å². The van der Waals surface area contributed by atoms with Gasteiger partial charge < -0.3 is 10.2 Å². The van der Waals surface area contributed by atoms with E-state index in [1.165, 1.54) is 5.56 Å². The van der Waals surface area contributed by atoms with E-state index in [2.05, 4.69) is 42.1 Å². The van der Waals surface area contributed by atoms with Crippen LogP contribution in [0.3, 0.4) is 0 Å². The van der Waals surface area contributed by atoms with Crippen LogP contribution in [0.4, 0.5) is 5.82 Å². The lowest BCUT2D eigenvalue weighted by Gasteiger charge is -2.33. The second kappa shape index (κ2) is 8.79. The van der Waals surface area contributed by atoms with Crippen LogP contribution in [-0.2, 0) is 19.5 Å². The fourth-order valence-corrected chi connectivity index (χ4v) is 3.91. The third kappa shape index (κ3) is 4.70. The first-order valence-electron chi connectivity index (χ1n) is 10.5. The third-order valence-corrected chi connectivity index (χ3v) is 5.57. The van der Waals surface area contributed by atoms with Gasteiger partial charge in [-0.25, -0.2) is 9.97 Å². The van der Waals surface area contributed by atoms with Crippen LogP contribution in [0.2, 0.25) is 0 Å². The lowest BCUT2D eigenvalue weighted by Crippen LogP contribution is -2.45. The van der Waals surface area contributed by atoms with Gasteiger partial charge in [-0.05, 0) is 17.7 Å². The summed E-state index contributed by atoms with van der Waals surface area (Å²) in [4.78, 5) is 13.9. The molecule has 1 aliphatic heterocycles. The van der Waals surface area contributed by atoms with E-state index in [0.717, 1.165) is 42.9 Å². The molecule has 1 saturated heterocycles. The third-order valence-electron chi connectivity index (χ3n) is 5.57. The van der Waals surface area contributed by atoms with Crippen molar-refractivity contribution in [3.63, 3.8) is 0 Å². The van der Waals surface area contributed by atoms with Crippen LogP contribution in [0.15, 0.2) is 59.0 Å². The van der Waals surface area contributed by atoms with Crippen molar-refractivity contribution in [1.29, 1.82) is 0 Å². The van der Waals surface area contributed by atoms with Crippen molar-refractivity contribution in [2.24, 2.45) is 0 Å². The molecule has 0 amide bonds. The highest BCUT2D eigenvalue weighted by atomic mass is 16.4. The maximum atomic E-state index is 6.12. The molecule has 0 aliphatic carbocycles. The van der Waals surface area contributed by atoms with E-state index in [9.17, 15) is 0 Å². The van der Waals surface area contributed by atoms with E-state index < -0.39 is 0 Å². The summed E-state index contributed by atoms with van der Waals surface area (Å²) < 4.78 is 5.86. The van der Waals surface area contributed by atoms with Gasteiger partial charge in [-0.3, -0.25) is 9.80 Å². The molecule has 2 N–H and O–H groups in total. The highest BCUT2D eigenvalue weighted by Gasteiger charge is 2.20. The van der Waals surface area contributed by atoms with Gasteiger partial charge in [0.05, 0.1) is 25.0 Å². The van der Waals surface area contributed by atoms with Crippen LogP contribution in [0.5, 0.6) is 0 Å².